The average Bonchev–Trinajstić information content (AvgIpc) is 1.69. The van der Waals surface area contributed by atoms with E-state index in [0.29, 0.717) is 0 Å². The zero-order chi connectivity index (χ0) is 5.11. The van der Waals surface area contributed by atoms with Crippen LogP contribution in [0.15, 0.2) is 30.3 Å². The van der Waals surface area contributed by atoms with Crippen molar-refractivity contribution in [1.82, 2.24) is 0 Å². The Morgan fingerprint density at radius 3 is 1.75 bits per heavy atom. The number of rotatable bonds is 0. The summed E-state index contributed by atoms with van der Waals surface area (Å²) in [6, 6.07) is 9.49. The molecule has 1 aromatic rings. The topological polar surface area (TPSA) is 26.0 Å². The molecular weight excluding hydrogens is 287 g/mol. The molecule has 0 aliphatic carbocycles. The van der Waals surface area contributed by atoms with Crippen LogP contribution in [0.5, 0.6) is 0 Å². The third-order valence-corrected chi connectivity index (χ3v) is 0.800. The fourth-order valence-electron chi connectivity index (χ4n) is 0.453. The van der Waals surface area contributed by atoms with Gasteiger partial charge in [0.1, 0.15) is 0 Å². The Hall–Kier alpha value is -0.0449. The number of hydrogen-bond donors (Lipinski definition) is 1. The van der Waals surface area contributed by atoms with E-state index in [0.717, 1.165) is 5.69 Å². The van der Waals surface area contributed by atoms with Gasteiger partial charge in [-0.05, 0) is 12.1 Å². The van der Waals surface area contributed by atoms with Crippen molar-refractivity contribution in [3.05, 3.63) is 30.3 Å². The third-order valence-electron chi connectivity index (χ3n) is 0.800. The van der Waals surface area contributed by atoms with Gasteiger partial charge < -0.3 is 5.73 Å². The largest absolute Gasteiger partial charge is 2.00 e. The van der Waals surface area contributed by atoms with Gasteiger partial charge in [0.25, 0.3) is 0 Å². The van der Waals surface area contributed by atoms with Crippen LogP contribution in [0.25, 0.3) is 0 Å². The molecule has 0 heterocycles. The molecule has 0 atom stereocenters. The second-order valence-electron chi connectivity index (χ2n) is 1.41. The fourth-order valence-corrected chi connectivity index (χ4v) is 0.453. The first-order chi connectivity index (χ1) is 3.39. The maximum absolute atomic E-state index is 5.36. The Balaban J connectivity index is 0.000000490. The van der Waals surface area contributed by atoms with Gasteiger partial charge in [0.05, 0.1) is 0 Å². The summed E-state index contributed by atoms with van der Waals surface area (Å²) < 4.78 is 0. The molecule has 0 aliphatic heterocycles. The molecule has 1 nitrogen and oxygen atoms in total. The van der Waals surface area contributed by atoms with E-state index in [1.165, 1.54) is 0 Å². The smallest absolute Gasteiger partial charge is 0.399 e. The van der Waals surface area contributed by atoms with Gasteiger partial charge in [-0.15, -0.1) is 0 Å². The van der Waals surface area contributed by atoms with Gasteiger partial charge in [-0.1, -0.05) is 18.2 Å². The quantitative estimate of drug-likeness (QED) is 0.566. The Morgan fingerprint density at radius 1 is 1.00 bits per heavy atom. The number of anilines is 1. The summed E-state index contributed by atoms with van der Waals surface area (Å²) >= 11 is 0. The van der Waals surface area contributed by atoms with Gasteiger partial charge in [-0.2, -0.15) is 0 Å². The summed E-state index contributed by atoms with van der Waals surface area (Å²) in [7, 11) is 0. The first-order valence-electron chi connectivity index (χ1n) is 2.20. The fraction of sp³-hybridized carbons (Fsp3) is 0. The molecule has 0 spiro atoms. The van der Waals surface area contributed by atoms with Crippen LogP contribution in [0.4, 0.5) is 5.69 Å². The molecule has 36 valence electrons. The molecule has 1 aromatic carbocycles. The zero-order valence-electron chi connectivity index (χ0n) is 4.67. The maximum atomic E-state index is 5.36. The summed E-state index contributed by atoms with van der Waals surface area (Å²) in [6.07, 6.45) is 0. The molecule has 0 radical (unpaired) electrons. The minimum absolute atomic E-state index is 0. The van der Waals surface area contributed by atoms with Crippen molar-refractivity contribution in [1.29, 1.82) is 0 Å². The van der Waals surface area contributed by atoms with E-state index >= 15 is 0 Å². The van der Waals surface area contributed by atoms with Crippen molar-refractivity contribution in [2.75, 3.05) is 5.73 Å². The van der Waals surface area contributed by atoms with Crippen LogP contribution < -0.4 is 5.73 Å². The standard InChI is InChI=1S/C6H7N.Hg/c7-6-4-2-1-3-5-6;/h1-5H,7H2;/q;+2. The first-order valence-corrected chi connectivity index (χ1v) is 2.20. The van der Waals surface area contributed by atoms with Gasteiger partial charge in [0.2, 0.25) is 0 Å². The van der Waals surface area contributed by atoms with E-state index in [1.54, 1.807) is 0 Å². The van der Waals surface area contributed by atoms with E-state index in [2.05, 4.69) is 0 Å². The first kappa shape index (κ1) is 7.96. The van der Waals surface area contributed by atoms with Gasteiger partial charge in [0, 0.05) is 5.69 Å². The molecule has 0 unspecified atom stereocenters. The Bertz CT molecular complexity index is 138. The number of benzene rings is 1. The minimum Gasteiger partial charge on any atom is -0.399 e. The number of nitrogen functional groups attached to an aromatic ring is 1. The van der Waals surface area contributed by atoms with E-state index in [4.69, 9.17) is 5.73 Å². The third kappa shape index (κ3) is 2.31. The van der Waals surface area contributed by atoms with Crippen molar-refractivity contribution in [3.8, 4) is 0 Å². The molecule has 0 saturated carbocycles. The molecule has 0 fully saturated rings. The van der Waals surface area contributed by atoms with Crippen molar-refractivity contribution in [2.24, 2.45) is 0 Å². The molecule has 2 heteroatoms. The van der Waals surface area contributed by atoms with Crippen LogP contribution in [0, 0.1) is 0 Å². The molecule has 0 saturated heterocycles. The predicted molar refractivity (Wildman–Crippen MR) is 30.9 cm³/mol. The van der Waals surface area contributed by atoms with Gasteiger partial charge in [-0.25, -0.2) is 0 Å². The van der Waals surface area contributed by atoms with Crippen LogP contribution in [0.3, 0.4) is 0 Å². The van der Waals surface area contributed by atoms with Crippen LogP contribution in [-0.4, -0.2) is 0 Å². The van der Waals surface area contributed by atoms with Gasteiger partial charge in [0.15, 0.2) is 0 Å². The molecule has 0 amide bonds. The summed E-state index contributed by atoms with van der Waals surface area (Å²) in [5.74, 6) is 0. The summed E-state index contributed by atoms with van der Waals surface area (Å²) in [5.41, 5.74) is 6.18. The van der Waals surface area contributed by atoms with Crippen LogP contribution in [0.2, 0.25) is 0 Å². The van der Waals surface area contributed by atoms with Crippen LogP contribution in [-0.2, 0) is 27.7 Å². The predicted octanol–water partition coefficient (Wildman–Crippen LogP) is 1.27. The van der Waals surface area contributed by atoms with Crippen LogP contribution >= 0.6 is 0 Å². The monoisotopic (exact) mass is 295 g/mol. The SMILES string of the molecule is Nc1ccccc1.[Hg+2]. The second kappa shape index (κ2) is 3.90. The van der Waals surface area contributed by atoms with Crippen LogP contribution in [0.1, 0.15) is 0 Å². The average molecular weight is 294 g/mol. The molecule has 1 rings (SSSR count). The number of para-hydroxylation sites is 1. The number of nitrogens with two attached hydrogens (primary N) is 1. The van der Waals surface area contributed by atoms with Gasteiger partial charge in [-0.3, -0.25) is 0 Å². The van der Waals surface area contributed by atoms with E-state index in [1.807, 2.05) is 30.3 Å². The Labute approximate surface area is 69.4 Å². The molecule has 8 heavy (non-hydrogen) atoms. The minimum atomic E-state index is 0. The van der Waals surface area contributed by atoms with Crippen molar-refractivity contribution in [3.63, 3.8) is 0 Å². The molecule has 0 aromatic heterocycles. The molecule has 0 bridgehead atoms. The molecular formula is C6H7HgN+2. The molecule has 2 N–H and O–H groups in total. The normalized spacial score (nSPS) is 7.50. The van der Waals surface area contributed by atoms with E-state index < -0.39 is 0 Å². The van der Waals surface area contributed by atoms with E-state index in [-0.39, 0.29) is 27.7 Å². The Kier molecular flexibility index (Phi) is 3.88. The second-order valence-corrected chi connectivity index (χ2v) is 1.41. The van der Waals surface area contributed by atoms with Crippen molar-refractivity contribution in [2.45, 2.75) is 0 Å². The van der Waals surface area contributed by atoms with Crippen molar-refractivity contribution >= 4 is 5.69 Å². The summed E-state index contributed by atoms with van der Waals surface area (Å²) in [5, 5.41) is 0. The zero-order valence-corrected chi connectivity index (χ0v) is 10.2. The summed E-state index contributed by atoms with van der Waals surface area (Å²) in [6.45, 7) is 0. The van der Waals surface area contributed by atoms with Gasteiger partial charge >= 0.3 is 27.7 Å². The number of hydrogen-bond acceptors (Lipinski definition) is 1. The van der Waals surface area contributed by atoms with Crippen molar-refractivity contribution < 1.29 is 27.7 Å². The maximum Gasteiger partial charge on any atom is 2.00 e. The Morgan fingerprint density at radius 2 is 1.50 bits per heavy atom. The van der Waals surface area contributed by atoms with E-state index in [9.17, 15) is 0 Å². The molecule has 0 aliphatic rings. The summed E-state index contributed by atoms with van der Waals surface area (Å²) in [4.78, 5) is 0.